The van der Waals surface area contributed by atoms with E-state index in [0.29, 0.717) is 6.61 Å². The molecule has 2 unspecified atom stereocenters. The molecule has 1 saturated carbocycles. The molecule has 1 heterocycles. The van der Waals surface area contributed by atoms with Crippen LogP contribution in [0.2, 0.25) is 0 Å². The number of rotatable bonds is 6. The molecule has 0 spiro atoms. The lowest BCUT2D eigenvalue weighted by molar-refractivity contribution is 0.129. The van der Waals surface area contributed by atoms with Crippen LogP contribution in [-0.2, 0) is 10.4 Å². The number of ether oxygens (including phenoxy) is 1. The third kappa shape index (κ3) is 2.99. The van der Waals surface area contributed by atoms with Crippen molar-refractivity contribution in [2.24, 2.45) is 11.1 Å². The van der Waals surface area contributed by atoms with E-state index in [2.05, 4.69) is 61.4 Å². The molecule has 0 aromatic heterocycles. The van der Waals surface area contributed by atoms with Gasteiger partial charge in [-0.3, -0.25) is 0 Å². The number of benzene rings is 2. The normalized spacial score (nSPS) is 24.8. The first-order valence-corrected chi connectivity index (χ1v) is 9.31. The Kier molecular flexibility index (Phi) is 4.45. The molecule has 2 aromatic carbocycles. The Morgan fingerprint density at radius 3 is 2.73 bits per heavy atom. The van der Waals surface area contributed by atoms with Crippen molar-refractivity contribution in [2.75, 3.05) is 27.2 Å². The van der Waals surface area contributed by atoms with Crippen LogP contribution in [0.15, 0.2) is 53.7 Å². The fraction of sp³-hybridized carbons (Fsp3) is 0.409. The van der Waals surface area contributed by atoms with E-state index in [1.807, 2.05) is 18.2 Å². The molecule has 0 saturated heterocycles. The summed E-state index contributed by atoms with van der Waals surface area (Å²) < 4.78 is 6.51. The quantitative estimate of drug-likeness (QED) is 0.584. The average Bonchev–Trinajstić information content (AvgIpc) is 3.35. The van der Waals surface area contributed by atoms with E-state index in [1.54, 1.807) is 0 Å². The molecule has 2 aliphatic rings. The minimum absolute atomic E-state index is 0.257. The van der Waals surface area contributed by atoms with E-state index in [1.165, 1.54) is 11.1 Å². The Morgan fingerprint density at radius 1 is 1.15 bits per heavy atom. The molecule has 0 radical (unpaired) electrons. The lowest BCUT2D eigenvalue weighted by atomic mass is 9.93. The van der Waals surface area contributed by atoms with Gasteiger partial charge in [-0.2, -0.15) is 0 Å². The summed E-state index contributed by atoms with van der Waals surface area (Å²) in [5.41, 5.74) is 4.33. The van der Waals surface area contributed by atoms with Gasteiger partial charge < -0.3 is 14.5 Å². The molecule has 1 aliphatic heterocycles. The van der Waals surface area contributed by atoms with Crippen molar-refractivity contribution in [3.05, 3.63) is 65.2 Å². The molecule has 1 aliphatic carbocycles. The number of nitrogens with zero attached hydrogens (tertiary/aromatic N) is 2. The Hall–Kier alpha value is -2.33. The van der Waals surface area contributed by atoms with Gasteiger partial charge in [0.05, 0.1) is 11.6 Å². The van der Waals surface area contributed by atoms with Gasteiger partial charge in [-0.1, -0.05) is 41.6 Å². The van der Waals surface area contributed by atoms with Crippen molar-refractivity contribution in [3.63, 3.8) is 0 Å². The van der Waals surface area contributed by atoms with Crippen LogP contribution in [0.25, 0.3) is 0 Å². The summed E-state index contributed by atoms with van der Waals surface area (Å²) in [4.78, 5) is 7.85. The zero-order valence-electron chi connectivity index (χ0n) is 15.7. The van der Waals surface area contributed by atoms with Crippen LogP contribution < -0.4 is 4.74 Å². The first-order chi connectivity index (χ1) is 12.6. The number of oxime groups is 1. The Labute approximate surface area is 155 Å². The van der Waals surface area contributed by atoms with Crippen molar-refractivity contribution < 1.29 is 9.57 Å². The molecule has 26 heavy (non-hydrogen) atoms. The highest BCUT2D eigenvalue weighted by atomic mass is 16.6. The second-order valence-electron chi connectivity index (χ2n) is 7.53. The summed E-state index contributed by atoms with van der Waals surface area (Å²) in [6.45, 7) is 3.79. The van der Waals surface area contributed by atoms with Crippen molar-refractivity contribution in [2.45, 2.75) is 25.4 Å². The molecule has 1 fully saturated rings. The molecule has 4 nitrogen and oxygen atoms in total. The number of fused-ring (bicyclic) bond motifs is 2. The van der Waals surface area contributed by atoms with Crippen LogP contribution in [0, 0.1) is 12.8 Å². The molecule has 2 aromatic rings. The third-order valence-corrected chi connectivity index (χ3v) is 5.30. The zero-order chi connectivity index (χ0) is 18.1. The summed E-state index contributed by atoms with van der Waals surface area (Å²) in [6.07, 6.45) is 1.92. The number of hydrogen-bond acceptors (Lipinski definition) is 4. The minimum Gasteiger partial charge on any atom is -0.481 e. The van der Waals surface area contributed by atoms with Gasteiger partial charge in [0.2, 0.25) is 0 Å². The van der Waals surface area contributed by atoms with E-state index < -0.39 is 0 Å². The lowest BCUT2D eigenvalue weighted by Gasteiger charge is -2.28. The maximum Gasteiger partial charge on any atom is 0.144 e. The molecule has 0 amide bonds. The molecule has 4 heteroatoms. The zero-order valence-corrected chi connectivity index (χ0v) is 15.7. The van der Waals surface area contributed by atoms with Gasteiger partial charge in [0.1, 0.15) is 18.0 Å². The molecule has 2 atom stereocenters. The maximum absolute atomic E-state index is 6.51. The number of aryl methyl sites for hydroxylation is 1. The Balaban J connectivity index is 1.61. The Bertz CT molecular complexity index is 830. The van der Waals surface area contributed by atoms with Crippen molar-refractivity contribution >= 4 is 5.71 Å². The van der Waals surface area contributed by atoms with E-state index in [9.17, 15) is 0 Å². The summed E-state index contributed by atoms with van der Waals surface area (Å²) in [5.74, 6) is 1.16. The predicted octanol–water partition coefficient (Wildman–Crippen LogP) is 3.98. The van der Waals surface area contributed by atoms with E-state index >= 15 is 0 Å². The second kappa shape index (κ2) is 6.76. The maximum atomic E-state index is 6.51. The fourth-order valence-corrected chi connectivity index (χ4v) is 3.90. The van der Waals surface area contributed by atoms with Crippen LogP contribution >= 0.6 is 0 Å². The standard InChI is InChI=1S/C22H26N2O2/c1-16-9-4-6-11-18(16)22-15-19(22)21(23-25-14-8-13-24(2)3)17-10-5-7-12-20(17)26-22/h4-7,9-12,19H,8,13-15H2,1-3H3. The highest BCUT2D eigenvalue weighted by Crippen LogP contribution is 2.60. The van der Waals surface area contributed by atoms with Gasteiger partial charge >= 0.3 is 0 Å². The van der Waals surface area contributed by atoms with E-state index in [-0.39, 0.29) is 11.5 Å². The fourth-order valence-electron chi connectivity index (χ4n) is 3.90. The van der Waals surface area contributed by atoms with E-state index in [4.69, 9.17) is 9.57 Å². The molecule has 4 rings (SSSR count). The summed E-state index contributed by atoms with van der Waals surface area (Å²) in [5, 5.41) is 4.56. The monoisotopic (exact) mass is 350 g/mol. The van der Waals surface area contributed by atoms with Gasteiger partial charge in [0, 0.05) is 18.5 Å². The van der Waals surface area contributed by atoms with Gasteiger partial charge in [-0.25, -0.2) is 0 Å². The van der Waals surface area contributed by atoms with Gasteiger partial charge in [0.15, 0.2) is 0 Å². The highest BCUT2D eigenvalue weighted by Gasteiger charge is 2.64. The van der Waals surface area contributed by atoms with Crippen LogP contribution in [-0.4, -0.2) is 37.9 Å². The van der Waals surface area contributed by atoms with Gasteiger partial charge in [-0.15, -0.1) is 0 Å². The first kappa shape index (κ1) is 17.1. The first-order valence-electron chi connectivity index (χ1n) is 9.31. The van der Waals surface area contributed by atoms with Crippen LogP contribution in [0.5, 0.6) is 5.75 Å². The van der Waals surface area contributed by atoms with Crippen LogP contribution in [0.3, 0.4) is 0 Å². The molecule has 0 N–H and O–H groups in total. The smallest absolute Gasteiger partial charge is 0.144 e. The van der Waals surface area contributed by atoms with Gasteiger partial charge in [0.25, 0.3) is 0 Å². The number of hydrogen-bond donors (Lipinski definition) is 0. The molecular weight excluding hydrogens is 324 g/mol. The lowest BCUT2D eigenvalue weighted by Crippen LogP contribution is -2.29. The highest BCUT2D eigenvalue weighted by molar-refractivity contribution is 6.08. The van der Waals surface area contributed by atoms with Crippen molar-refractivity contribution in [3.8, 4) is 5.75 Å². The van der Waals surface area contributed by atoms with Crippen molar-refractivity contribution in [1.82, 2.24) is 4.90 Å². The van der Waals surface area contributed by atoms with E-state index in [0.717, 1.165) is 36.4 Å². The SMILES string of the molecule is Cc1ccccc1C12CC1C(=NOCCCN(C)C)c1ccccc1O2. The van der Waals surface area contributed by atoms with Gasteiger partial charge in [-0.05, 0) is 50.7 Å². The molecular formula is C22H26N2O2. The molecule has 0 bridgehead atoms. The topological polar surface area (TPSA) is 34.1 Å². The predicted molar refractivity (Wildman–Crippen MR) is 104 cm³/mol. The van der Waals surface area contributed by atoms with Crippen molar-refractivity contribution in [1.29, 1.82) is 0 Å². The van der Waals surface area contributed by atoms with Crippen LogP contribution in [0.4, 0.5) is 0 Å². The summed E-state index contributed by atoms with van der Waals surface area (Å²) >= 11 is 0. The summed E-state index contributed by atoms with van der Waals surface area (Å²) in [7, 11) is 4.14. The number of para-hydroxylation sites is 1. The largest absolute Gasteiger partial charge is 0.481 e. The minimum atomic E-state index is -0.286. The average molecular weight is 350 g/mol. The summed E-state index contributed by atoms with van der Waals surface area (Å²) in [6, 6.07) is 16.7. The Morgan fingerprint density at radius 2 is 1.92 bits per heavy atom. The molecule has 136 valence electrons. The van der Waals surface area contributed by atoms with Crippen LogP contribution in [0.1, 0.15) is 29.5 Å². The third-order valence-electron chi connectivity index (χ3n) is 5.30. The second-order valence-corrected chi connectivity index (χ2v) is 7.53.